The van der Waals surface area contributed by atoms with E-state index in [1.165, 1.54) is 88.3 Å². The van der Waals surface area contributed by atoms with Crippen molar-refractivity contribution >= 4 is 182 Å². The molecule has 6 nitrogen and oxygen atoms in total. The lowest BCUT2D eigenvalue weighted by molar-refractivity contribution is 0.426. The highest BCUT2D eigenvalue weighted by Gasteiger charge is 2.16. The van der Waals surface area contributed by atoms with Gasteiger partial charge in [-0.25, -0.2) is 0 Å². The summed E-state index contributed by atoms with van der Waals surface area (Å²) in [6.07, 6.45) is 7.57. The Labute approximate surface area is 546 Å². The first-order valence-corrected chi connectivity index (χ1v) is 33.3. The first kappa shape index (κ1) is 55.9. The van der Waals surface area contributed by atoms with E-state index in [9.17, 15) is 10.0 Å². The van der Waals surface area contributed by atoms with Crippen molar-refractivity contribution in [3.8, 4) is 55.8 Å². The molecule has 0 unspecified atom stereocenters. The average Bonchev–Trinajstić information content (AvgIpc) is 1.55. The molecule has 0 aliphatic rings. The maximum atomic E-state index is 9.21. The van der Waals surface area contributed by atoms with Crippen LogP contribution < -0.4 is 5.46 Å². The highest BCUT2D eigenvalue weighted by atomic mass is 79.9. The highest BCUT2D eigenvalue weighted by molar-refractivity contribution is 9.10. The zero-order valence-electron chi connectivity index (χ0n) is 47.7. The van der Waals surface area contributed by atoms with Crippen molar-refractivity contribution < 1.29 is 10.0 Å². The van der Waals surface area contributed by atoms with E-state index >= 15 is 0 Å². The molecule has 0 aliphatic heterocycles. The van der Waals surface area contributed by atoms with Crippen molar-refractivity contribution in [1.82, 2.24) is 19.9 Å². The predicted molar refractivity (Wildman–Crippen MR) is 392 cm³/mol. The van der Waals surface area contributed by atoms with Crippen molar-refractivity contribution in [2.45, 2.75) is 0 Å². The minimum absolute atomic E-state index is 0.507. The third-order valence-electron chi connectivity index (χ3n) is 16.7. The van der Waals surface area contributed by atoms with Gasteiger partial charge in [0, 0.05) is 127 Å². The fraction of sp³-hybridized carbons (Fsp3) is 0. The van der Waals surface area contributed by atoms with E-state index < -0.39 is 7.12 Å². The molecule has 0 amide bonds. The van der Waals surface area contributed by atoms with Crippen molar-refractivity contribution in [3.05, 3.63) is 282 Å². The number of thiophene rings is 3. The molecule has 0 atom stereocenters. The molecule has 0 saturated carbocycles. The molecule has 0 radical (unpaired) electrons. The van der Waals surface area contributed by atoms with Crippen LogP contribution in [-0.4, -0.2) is 37.1 Å². The van der Waals surface area contributed by atoms with Gasteiger partial charge in [-0.15, -0.1) is 34.0 Å². The molecule has 18 aromatic rings. The molecule has 90 heavy (non-hydrogen) atoms. The third kappa shape index (κ3) is 10.4. The standard InChI is InChI=1S/C48H28N2S2.C18H13BO2S.C12H6Br2N2/c1-3-13-44-38(7-1)40-11-5-9-36(47(40)51-44)30-17-15-29(16-18-30)35-25-34-24-23-33-26-43(49-28-42(33)46(34)50-27-35)32-21-19-31(20-22-32)37-10-6-12-41-39-8-2-4-14-45(39)52-48(37)41;20-19(21)13-10-8-12(9-11-13)14-5-3-6-16-15-4-1-2-7-17(15)22-18(14)16;13-9-3-7-1-2-8-4-10(14)6-16-12(8)11(7)15-5-9/h1-28H;1-11,20-21H;1-6H. The molecular formula is C78H47BBr2N4O2S3. The third-order valence-corrected chi connectivity index (χ3v) is 21.3. The van der Waals surface area contributed by atoms with Crippen LogP contribution in [0.25, 0.3) is 160 Å². The average molecular weight is 1340 g/mol. The number of aromatic nitrogens is 4. The fourth-order valence-electron chi connectivity index (χ4n) is 12.3. The zero-order valence-corrected chi connectivity index (χ0v) is 53.3. The minimum atomic E-state index is -1.42. The number of hydrogen-bond acceptors (Lipinski definition) is 9. The van der Waals surface area contributed by atoms with Gasteiger partial charge >= 0.3 is 7.12 Å². The molecular weight excluding hydrogens is 1290 g/mol. The Hall–Kier alpha value is -9.34. The molecule has 7 aromatic heterocycles. The Balaban J connectivity index is 0.000000139. The number of fused-ring (bicyclic) bond motifs is 15. The SMILES string of the molecule is Brc1cnc2c(ccc3cc(Br)cnc32)c1.OB(O)c1ccc(-c2cccc3c2sc2ccccc23)cc1.c1ccc2c(c1)sc1c(-c3ccc(-c4cnc5c(ccc6cc(-c7ccc(-c8cccc9c8sc8ccccc89)cc7)ncc65)c4)cc3)cccc12. The minimum Gasteiger partial charge on any atom is -0.423 e. The van der Waals surface area contributed by atoms with Gasteiger partial charge in [-0.1, -0.05) is 206 Å². The van der Waals surface area contributed by atoms with Gasteiger partial charge in [0.25, 0.3) is 0 Å². The molecule has 0 aliphatic carbocycles. The summed E-state index contributed by atoms with van der Waals surface area (Å²) < 4.78 is 9.84. The molecule has 12 heteroatoms. The van der Waals surface area contributed by atoms with Gasteiger partial charge in [-0.05, 0) is 124 Å². The van der Waals surface area contributed by atoms with E-state index in [0.29, 0.717) is 5.46 Å². The van der Waals surface area contributed by atoms with Gasteiger partial charge in [-0.2, -0.15) is 0 Å². The second-order valence-electron chi connectivity index (χ2n) is 22.2. The normalized spacial score (nSPS) is 11.6. The first-order valence-electron chi connectivity index (χ1n) is 29.3. The van der Waals surface area contributed by atoms with Crippen LogP contribution in [0.4, 0.5) is 0 Å². The van der Waals surface area contributed by atoms with E-state index in [-0.39, 0.29) is 0 Å². The molecule has 0 spiro atoms. The molecule has 18 rings (SSSR count). The van der Waals surface area contributed by atoms with Gasteiger partial charge in [-0.3, -0.25) is 19.9 Å². The molecule has 11 aromatic carbocycles. The molecule has 0 saturated heterocycles. The van der Waals surface area contributed by atoms with Crippen LogP contribution in [0.5, 0.6) is 0 Å². The van der Waals surface area contributed by atoms with E-state index in [1.54, 1.807) is 35.9 Å². The Morgan fingerprint density at radius 1 is 0.289 bits per heavy atom. The van der Waals surface area contributed by atoms with Gasteiger partial charge in [0.15, 0.2) is 0 Å². The van der Waals surface area contributed by atoms with Gasteiger partial charge in [0.2, 0.25) is 0 Å². The maximum absolute atomic E-state index is 9.21. The summed E-state index contributed by atoms with van der Waals surface area (Å²) in [7, 11) is -1.42. The van der Waals surface area contributed by atoms with Crippen molar-refractivity contribution in [1.29, 1.82) is 0 Å². The second-order valence-corrected chi connectivity index (χ2v) is 27.1. The molecule has 0 fully saturated rings. The van der Waals surface area contributed by atoms with Crippen molar-refractivity contribution in [2.75, 3.05) is 0 Å². The van der Waals surface area contributed by atoms with E-state index in [1.807, 2.05) is 59.3 Å². The fourth-order valence-corrected chi connectivity index (χ4v) is 16.7. The lowest BCUT2D eigenvalue weighted by atomic mass is 9.80. The van der Waals surface area contributed by atoms with E-state index in [0.717, 1.165) is 80.4 Å². The van der Waals surface area contributed by atoms with Gasteiger partial charge in [0.1, 0.15) is 0 Å². The summed E-state index contributed by atoms with van der Waals surface area (Å²) in [4.78, 5) is 18.7. The second kappa shape index (κ2) is 23.6. The Kier molecular flexibility index (Phi) is 14.6. The zero-order chi connectivity index (χ0) is 60.4. The smallest absolute Gasteiger partial charge is 0.423 e. The summed E-state index contributed by atoms with van der Waals surface area (Å²) >= 11 is 12.4. The summed E-state index contributed by atoms with van der Waals surface area (Å²) in [6.45, 7) is 0. The lowest BCUT2D eigenvalue weighted by Gasteiger charge is -2.10. The van der Waals surface area contributed by atoms with E-state index in [4.69, 9.17) is 9.97 Å². The maximum Gasteiger partial charge on any atom is 0.488 e. The van der Waals surface area contributed by atoms with Crippen LogP contribution in [-0.2, 0) is 0 Å². The molecule has 2 N–H and O–H groups in total. The summed E-state index contributed by atoms with van der Waals surface area (Å²) in [5.74, 6) is 0. The van der Waals surface area contributed by atoms with Crippen molar-refractivity contribution in [3.63, 3.8) is 0 Å². The lowest BCUT2D eigenvalue weighted by Crippen LogP contribution is -2.29. The predicted octanol–water partition coefficient (Wildman–Crippen LogP) is 21.9. The quantitative estimate of drug-likeness (QED) is 0.127. The first-order chi connectivity index (χ1) is 44.2. The van der Waals surface area contributed by atoms with Gasteiger partial charge < -0.3 is 10.0 Å². The summed E-state index contributed by atoms with van der Waals surface area (Å²) in [5, 5.41) is 31.8. The number of halogens is 2. The number of rotatable bonds is 6. The molecule has 426 valence electrons. The van der Waals surface area contributed by atoms with Crippen LogP contribution in [0.2, 0.25) is 0 Å². The number of hydrogen-bond donors (Lipinski definition) is 2. The molecule has 0 bridgehead atoms. The largest absolute Gasteiger partial charge is 0.488 e. The number of pyridine rings is 4. The Morgan fingerprint density at radius 3 is 1.14 bits per heavy atom. The Morgan fingerprint density at radius 2 is 0.678 bits per heavy atom. The van der Waals surface area contributed by atoms with E-state index in [2.05, 4.69) is 254 Å². The monoisotopic (exact) mass is 1340 g/mol. The van der Waals surface area contributed by atoms with Crippen LogP contribution in [0.3, 0.4) is 0 Å². The van der Waals surface area contributed by atoms with Crippen molar-refractivity contribution in [2.24, 2.45) is 0 Å². The summed E-state index contributed by atoms with van der Waals surface area (Å²) in [6, 6.07) is 87.5. The van der Waals surface area contributed by atoms with Crippen LogP contribution >= 0.6 is 65.9 Å². The highest BCUT2D eigenvalue weighted by Crippen LogP contribution is 2.44. The van der Waals surface area contributed by atoms with Gasteiger partial charge in [0.05, 0.1) is 22.2 Å². The summed E-state index contributed by atoms with van der Waals surface area (Å²) in [5.41, 5.74) is 14.9. The van der Waals surface area contributed by atoms with Crippen LogP contribution in [0.15, 0.2) is 282 Å². The number of nitrogens with zero attached hydrogens (tertiary/aromatic N) is 4. The molecule has 7 heterocycles. The number of benzene rings is 11. The van der Waals surface area contributed by atoms with Crippen LogP contribution in [0, 0.1) is 0 Å². The Bertz CT molecular complexity index is 5540. The topological polar surface area (TPSA) is 92.0 Å². The van der Waals surface area contributed by atoms with Crippen LogP contribution in [0.1, 0.15) is 0 Å².